The summed E-state index contributed by atoms with van der Waals surface area (Å²) in [6.07, 6.45) is 3.35. The fraction of sp³-hybridized carbons (Fsp3) is 0.111. The van der Waals surface area contributed by atoms with Crippen LogP contribution in [-0.2, 0) is 0 Å². The van der Waals surface area contributed by atoms with Crippen LogP contribution in [0.2, 0.25) is 0 Å². The van der Waals surface area contributed by atoms with Gasteiger partial charge in [0.05, 0.1) is 5.56 Å². The molecule has 0 aliphatic heterocycles. The van der Waals surface area contributed by atoms with Crippen LogP contribution < -0.4 is 5.32 Å². The first kappa shape index (κ1) is 15.7. The van der Waals surface area contributed by atoms with E-state index in [2.05, 4.69) is 20.3 Å². The first-order valence-corrected chi connectivity index (χ1v) is 7.36. The SMILES string of the molecule is CC(=O)c1cc(Nc2cc(C)nc(-c3ccncc3)n2)ccc1F. The fourth-order valence-electron chi connectivity index (χ4n) is 2.28. The third-order valence-electron chi connectivity index (χ3n) is 3.41. The van der Waals surface area contributed by atoms with Gasteiger partial charge in [0.2, 0.25) is 0 Å². The Labute approximate surface area is 138 Å². The molecule has 0 amide bonds. The van der Waals surface area contributed by atoms with E-state index in [1.165, 1.54) is 19.1 Å². The normalized spacial score (nSPS) is 10.5. The van der Waals surface area contributed by atoms with Crippen molar-refractivity contribution in [2.24, 2.45) is 0 Å². The van der Waals surface area contributed by atoms with Gasteiger partial charge in [0.1, 0.15) is 11.6 Å². The first-order chi connectivity index (χ1) is 11.5. The number of hydrogen-bond donors (Lipinski definition) is 1. The molecule has 1 aromatic carbocycles. The van der Waals surface area contributed by atoms with Crippen LogP contribution >= 0.6 is 0 Å². The molecule has 3 rings (SSSR count). The molecule has 0 bridgehead atoms. The van der Waals surface area contributed by atoms with Gasteiger partial charge < -0.3 is 5.32 Å². The maximum Gasteiger partial charge on any atom is 0.162 e. The molecule has 0 aliphatic carbocycles. The summed E-state index contributed by atoms with van der Waals surface area (Å²) in [7, 11) is 0. The summed E-state index contributed by atoms with van der Waals surface area (Å²) in [6.45, 7) is 3.20. The maximum absolute atomic E-state index is 13.6. The summed E-state index contributed by atoms with van der Waals surface area (Å²) in [6, 6.07) is 9.72. The van der Waals surface area contributed by atoms with E-state index in [1.807, 2.05) is 19.1 Å². The van der Waals surface area contributed by atoms with Crippen LogP contribution in [0.25, 0.3) is 11.4 Å². The molecule has 5 nitrogen and oxygen atoms in total. The molecular weight excluding hydrogens is 307 g/mol. The predicted octanol–water partition coefficient (Wildman–Crippen LogP) is 3.93. The number of Topliss-reactive ketones (excluding diaryl/α,β-unsaturated/α-hetero) is 1. The second-order valence-corrected chi connectivity index (χ2v) is 5.33. The third-order valence-corrected chi connectivity index (χ3v) is 3.41. The smallest absolute Gasteiger partial charge is 0.162 e. The molecule has 0 aliphatic rings. The van der Waals surface area contributed by atoms with Crippen LogP contribution in [-0.4, -0.2) is 20.7 Å². The van der Waals surface area contributed by atoms with Crippen LogP contribution in [0.15, 0.2) is 48.8 Å². The number of aryl methyl sites for hydroxylation is 1. The highest BCUT2D eigenvalue weighted by atomic mass is 19.1. The van der Waals surface area contributed by atoms with E-state index in [0.717, 1.165) is 11.3 Å². The lowest BCUT2D eigenvalue weighted by molar-refractivity contribution is 0.101. The number of pyridine rings is 1. The predicted molar refractivity (Wildman–Crippen MR) is 89.7 cm³/mol. The minimum atomic E-state index is -0.538. The zero-order valence-corrected chi connectivity index (χ0v) is 13.2. The van der Waals surface area contributed by atoms with Gasteiger partial charge in [0, 0.05) is 35.4 Å². The number of anilines is 2. The van der Waals surface area contributed by atoms with Crippen molar-refractivity contribution in [2.75, 3.05) is 5.32 Å². The lowest BCUT2D eigenvalue weighted by Gasteiger charge is -2.10. The molecule has 0 saturated carbocycles. The average Bonchev–Trinajstić information content (AvgIpc) is 2.56. The quantitative estimate of drug-likeness (QED) is 0.737. The van der Waals surface area contributed by atoms with Gasteiger partial charge in [0.25, 0.3) is 0 Å². The van der Waals surface area contributed by atoms with E-state index in [0.29, 0.717) is 17.3 Å². The summed E-state index contributed by atoms with van der Waals surface area (Å²) < 4.78 is 13.6. The molecule has 0 saturated heterocycles. The standard InChI is InChI=1S/C18H15FN4O/c1-11-9-17(23-18(21-11)13-5-7-20-8-6-13)22-14-3-4-16(19)15(10-14)12(2)24/h3-10H,1-2H3,(H,21,22,23). The number of rotatable bonds is 4. The summed E-state index contributed by atoms with van der Waals surface area (Å²) in [4.78, 5) is 24.3. The van der Waals surface area contributed by atoms with Crippen LogP contribution in [0.4, 0.5) is 15.9 Å². The van der Waals surface area contributed by atoms with E-state index in [1.54, 1.807) is 24.5 Å². The Balaban J connectivity index is 1.95. The Kier molecular flexibility index (Phi) is 4.29. The highest BCUT2D eigenvalue weighted by Gasteiger charge is 2.10. The topological polar surface area (TPSA) is 67.8 Å². The van der Waals surface area contributed by atoms with Gasteiger partial charge in [-0.1, -0.05) is 0 Å². The zero-order valence-electron chi connectivity index (χ0n) is 13.2. The first-order valence-electron chi connectivity index (χ1n) is 7.36. The number of ketones is 1. The maximum atomic E-state index is 13.6. The van der Waals surface area contributed by atoms with Crippen molar-refractivity contribution in [3.05, 3.63) is 65.9 Å². The van der Waals surface area contributed by atoms with E-state index in [4.69, 9.17) is 0 Å². The number of nitrogens with zero attached hydrogens (tertiary/aromatic N) is 3. The van der Waals surface area contributed by atoms with Gasteiger partial charge in [-0.2, -0.15) is 0 Å². The molecule has 0 unspecified atom stereocenters. The summed E-state index contributed by atoms with van der Waals surface area (Å²) in [5.41, 5.74) is 2.26. The van der Waals surface area contributed by atoms with Crippen molar-refractivity contribution < 1.29 is 9.18 Å². The van der Waals surface area contributed by atoms with Gasteiger partial charge in [-0.05, 0) is 44.2 Å². The molecule has 120 valence electrons. The molecule has 2 aromatic heterocycles. The molecule has 0 atom stereocenters. The van der Waals surface area contributed by atoms with Crippen molar-refractivity contribution >= 4 is 17.3 Å². The summed E-state index contributed by atoms with van der Waals surface area (Å²) in [5.74, 6) is 0.265. The molecule has 24 heavy (non-hydrogen) atoms. The zero-order chi connectivity index (χ0) is 17.1. The van der Waals surface area contributed by atoms with Crippen molar-refractivity contribution in [1.29, 1.82) is 0 Å². The van der Waals surface area contributed by atoms with Gasteiger partial charge in [0.15, 0.2) is 11.6 Å². The van der Waals surface area contributed by atoms with E-state index < -0.39 is 5.82 Å². The second kappa shape index (κ2) is 6.54. The molecule has 0 fully saturated rings. The minimum Gasteiger partial charge on any atom is -0.340 e. The molecular formula is C18H15FN4O. The Morgan fingerprint density at radius 3 is 2.54 bits per heavy atom. The van der Waals surface area contributed by atoms with Crippen LogP contribution in [0.3, 0.4) is 0 Å². The number of halogens is 1. The van der Waals surface area contributed by atoms with E-state index in [9.17, 15) is 9.18 Å². The van der Waals surface area contributed by atoms with Gasteiger partial charge in [-0.3, -0.25) is 9.78 Å². The average molecular weight is 322 g/mol. The Hall–Kier alpha value is -3.15. The Bertz CT molecular complexity index is 897. The van der Waals surface area contributed by atoms with Gasteiger partial charge >= 0.3 is 0 Å². The lowest BCUT2D eigenvalue weighted by Crippen LogP contribution is -2.02. The second-order valence-electron chi connectivity index (χ2n) is 5.33. The van der Waals surface area contributed by atoms with Crippen LogP contribution in [0.1, 0.15) is 23.0 Å². The molecule has 6 heteroatoms. The Morgan fingerprint density at radius 2 is 1.83 bits per heavy atom. The van der Waals surface area contributed by atoms with E-state index in [-0.39, 0.29) is 11.3 Å². The van der Waals surface area contributed by atoms with E-state index >= 15 is 0 Å². The highest BCUT2D eigenvalue weighted by molar-refractivity contribution is 5.95. The van der Waals surface area contributed by atoms with Gasteiger partial charge in [-0.25, -0.2) is 14.4 Å². The minimum absolute atomic E-state index is 0.0418. The number of carbonyl (C=O) groups is 1. The molecule has 0 spiro atoms. The number of benzene rings is 1. The molecule has 2 heterocycles. The number of carbonyl (C=O) groups excluding carboxylic acids is 1. The Morgan fingerprint density at radius 1 is 1.08 bits per heavy atom. The molecule has 3 aromatic rings. The lowest BCUT2D eigenvalue weighted by atomic mass is 10.1. The summed E-state index contributed by atoms with van der Waals surface area (Å²) >= 11 is 0. The molecule has 0 radical (unpaired) electrons. The monoisotopic (exact) mass is 322 g/mol. The van der Waals surface area contributed by atoms with Crippen molar-refractivity contribution in [2.45, 2.75) is 13.8 Å². The van der Waals surface area contributed by atoms with Crippen LogP contribution in [0, 0.1) is 12.7 Å². The largest absolute Gasteiger partial charge is 0.340 e. The third kappa shape index (κ3) is 3.43. The number of aromatic nitrogens is 3. The van der Waals surface area contributed by atoms with Crippen LogP contribution in [0.5, 0.6) is 0 Å². The van der Waals surface area contributed by atoms with Crippen molar-refractivity contribution in [3.63, 3.8) is 0 Å². The van der Waals surface area contributed by atoms with Crippen molar-refractivity contribution in [1.82, 2.24) is 15.0 Å². The number of hydrogen-bond acceptors (Lipinski definition) is 5. The fourth-order valence-corrected chi connectivity index (χ4v) is 2.28. The van der Waals surface area contributed by atoms with Crippen molar-refractivity contribution in [3.8, 4) is 11.4 Å². The summed E-state index contributed by atoms with van der Waals surface area (Å²) in [5, 5.41) is 3.09. The molecule has 1 N–H and O–H groups in total. The van der Waals surface area contributed by atoms with Gasteiger partial charge in [-0.15, -0.1) is 0 Å². The highest BCUT2D eigenvalue weighted by Crippen LogP contribution is 2.22. The number of nitrogens with one attached hydrogen (secondary N) is 1.